The molecular formula is C24H30F3N7O2Si. The molecule has 9 nitrogen and oxygen atoms in total. The van der Waals surface area contributed by atoms with Crippen LogP contribution in [0.5, 0.6) is 0 Å². The quantitative estimate of drug-likeness (QED) is 0.313. The van der Waals surface area contributed by atoms with Gasteiger partial charge in [0, 0.05) is 34.1 Å². The van der Waals surface area contributed by atoms with Gasteiger partial charge in [-0.2, -0.15) is 5.10 Å². The van der Waals surface area contributed by atoms with Crippen LogP contribution in [0.25, 0.3) is 22.6 Å². The SMILES string of the molecule is CC1(C)C(=O)N(COCC[Si](C)(C)C)c2nc(-c3nn(CC4CC(F)(F)C4)c4ncc(F)cc34)nnc21. The number of anilines is 1. The predicted octanol–water partition coefficient (Wildman–Crippen LogP) is 4.40. The number of hydrogen-bond donors (Lipinski definition) is 0. The molecule has 0 spiro atoms. The molecule has 0 bridgehead atoms. The Hall–Kier alpha value is -2.93. The van der Waals surface area contributed by atoms with Gasteiger partial charge in [0.05, 0.1) is 17.0 Å². The summed E-state index contributed by atoms with van der Waals surface area (Å²) in [5, 5.41) is 13.4. The van der Waals surface area contributed by atoms with Crippen molar-refractivity contribution in [2.75, 3.05) is 18.2 Å². The molecule has 1 aliphatic heterocycles. The van der Waals surface area contributed by atoms with Crippen molar-refractivity contribution in [1.82, 2.24) is 29.9 Å². The Morgan fingerprint density at radius 1 is 1.19 bits per heavy atom. The molecule has 0 radical (unpaired) electrons. The molecule has 5 rings (SSSR count). The Morgan fingerprint density at radius 3 is 2.59 bits per heavy atom. The standard InChI is InChI=1S/C24H30F3N7O2Si/c1-23(2)18-21(33(22(23)35)13-36-6-7-37(3,4)5)29-19(31-30-18)17-16-8-15(25)11-28-20(16)34(32-17)12-14-9-24(26,27)10-14/h8,11,14H,6-7,9-10,12-13H2,1-5H3. The summed E-state index contributed by atoms with van der Waals surface area (Å²) in [7, 11) is -1.31. The minimum atomic E-state index is -2.66. The highest BCUT2D eigenvalue weighted by Crippen LogP contribution is 2.44. The number of carbonyl (C=O) groups is 1. The minimum Gasteiger partial charge on any atom is -0.361 e. The first-order chi connectivity index (χ1) is 17.2. The zero-order valence-electron chi connectivity index (χ0n) is 21.6. The van der Waals surface area contributed by atoms with E-state index in [0.717, 1.165) is 12.2 Å². The van der Waals surface area contributed by atoms with Crippen molar-refractivity contribution in [3.8, 4) is 11.5 Å². The number of pyridine rings is 1. The molecule has 0 N–H and O–H groups in total. The van der Waals surface area contributed by atoms with E-state index >= 15 is 0 Å². The summed E-state index contributed by atoms with van der Waals surface area (Å²) in [6.07, 6.45) is 0.597. The zero-order chi connectivity index (χ0) is 26.8. The number of rotatable bonds is 8. The molecule has 4 heterocycles. The lowest BCUT2D eigenvalue weighted by atomic mass is 9.81. The van der Waals surface area contributed by atoms with E-state index in [1.807, 2.05) is 0 Å². The van der Waals surface area contributed by atoms with Crippen LogP contribution in [0.4, 0.5) is 19.0 Å². The van der Waals surface area contributed by atoms with Crippen LogP contribution in [0.15, 0.2) is 12.3 Å². The van der Waals surface area contributed by atoms with Gasteiger partial charge in [-0.3, -0.25) is 9.69 Å². The number of hydrogen-bond acceptors (Lipinski definition) is 7. The van der Waals surface area contributed by atoms with Gasteiger partial charge in [0.15, 0.2) is 11.5 Å². The van der Waals surface area contributed by atoms with Crippen LogP contribution in [-0.4, -0.2) is 63.2 Å². The third-order valence-electron chi connectivity index (χ3n) is 6.88. The number of halogens is 3. The molecule has 2 aliphatic rings. The average Bonchev–Trinajstić information content (AvgIpc) is 3.22. The lowest BCUT2D eigenvalue weighted by molar-refractivity contribution is -0.123. The number of fused-ring (bicyclic) bond motifs is 2. The third kappa shape index (κ3) is 4.86. The lowest BCUT2D eigenvalue weighted by Crippen LogP contribution is -2.38. The normalized spacial score (nSPS) is 18.9. The van der Waals surface area contributed by atoms with E-state index in [1.54, 1.807) is 13.8 Å². The molecule has 13 heteroatoms. The Morgan fingerprint density at radius 2 is 1.92 bits per heavy atom. The second-order valence-corrected chi connectivity index (χ2v) is 17.3. The molecule has 198 valence electrons. The number of amides is 1. The fraction of sp³-hybridized carbons (Fsp3) is 0.583. The number of carbonyl (C=O) groups excluding carboxylic acids is 1. The molecule has 3 aromatic rings. The van der Waals surface area contributed by atoms with Gasteiger partial charge in [-0.15, -0.1) is 10.2 Å². The van der Waals surface area contributed by atoms with Crippen LogP contribution in [-0.2, 0) is 21.5 Å². The first kappa shape index (κ1) is 25.7. The highest BCUT2D eigenvalue weighted by atomic mass is 28.3. The van der Waals surface area contributed by atoms with Gasteiger partial charge in [-0.25, -0.2) is 27.8 Å². The van der Waals surface area contributed by atoms with Crippen molar-refractivity contribution >= 4 is 30.8 Å². The molecule has 1 saturated carbocycles. The molecule has 0 atom stereocenters. The summed E-state index contributed by atoms with van der Waals surface area (Å²) in [5.41, 5.74) is 0.0409. The van der Waals surface area contributed by atoms with E-state index < -0.39 is 25.2 Å². The number of aromatic nitrogens is 6. The lowest BCUT2D eigenvalue weighted by Gasteiger charge is -2.34. The Bertz CT molecular complexity index is 1360. The van der Waals surface area contributed by atoms with Crippen LogP contribution in [0.3, 0.4) is 0 Å². The first-order valence-corrected chi connectivity index (χ1v) is 16.0. The molecule has 3 aromatic heterocycles. The number of alkyl halides is 2. The third-order valence-corrected chi connectivity index (χ3v) is 8.59. The van der Waals surface area contributed by atoms with Gasteiger partial charge >= 0.3 is 0 Å². The van der Waals surface area contributed by atoms with E-state index in [4.69, 9.17) is 4.74 Å². The fourth-order valence-electron chi connectivity index (χ4n) is 4.68. The smallest absolute Gasteiger partial charge is 0.248 e. The van der Waals surface area contributed by atoms with Gasteiger partial charge in [-0.05, 0) is 31.9 Å². The average molecular weight is 534 g/mol. The van der Waals surface area contributed by atoms with E-state index in [0.29, 0.717) is 29.2 Å². The van der Waals surface area contributed by atoms with Crippen LogP contribution in [0.2, 0.25) is 25.7 Å². The summed E-state index contributed by atoms with van der Waals surface area (Å²) in [6, 6.07) is 2.22. The topological polar surface area (TPSA) is 98.9 Å². The van der Waals surface area contributed by atoms with Crippen molar-refractivity contribution in [3.63, 3.8) is 0 Å². The van der Waals surface area contributed by atoms with Gasteiger partial charge in [0.1, 0.15) is 23.9 Å². The fourth-order valence-corrected chi connectivity index (χ4v) is 5.44. The van der Waals surface area contributed by atoms with E-state index in [-0.39, 0.29) is 49.5 Å². The van der Waals surface area contributed by atoms with E-state index in [9.17, 15) is 18.0 Å². The van der Waals surface area contributed by atoms with Crippen molar-refractivity contribution < 1.29 is 22.7 Å². The van der Waals surface area contributed by atoms with Gasteiger partial charge in [-0.1, -0.05) is 19.6 Å². The van der Waals surface area contributed by atoms with Crippen molar-refractivity contribution in [2.24, 2.45) is 5.92 Å². The summed E-state index contributed by atoms with van der Waals surface area (Å²) in [5.74, 6) is -3.30. The maximum Gasteiger partial charge on any atom is 0.248 e. The van der Waals surface area contributed by atoms with Crippen molar-refractivity contribution in [1.29, 1.82) is 0 Å². The van der Waals surface area contributed by atoms with Gasteiger partial charge in [0.25, 0.3) is 0 Å². The maximum atomic E-state index is 14.2. The monoisotopic (exact) mass is 533 g/mol. The minimum absolute atomic E-state index is 0.0269. The summed E-state index contributed by atoms with van der Waals surface area (Å²) in [6.45, 7) is 11.0. The van der Waals surface area contributed by atoms with E-state index in [1.165, 1.54) is 15.6 Å². The largest absolute Gasteiger partial charge is 0.361 e. The van der Waals surface area contributed by atoms with Crippen molar-refractivity contribution in [3.05, 3.63) is 23.8 Å². The summed E-state index contributed by atoms with van der Waals surface area (Å²) >= 11 is 0. The maximum absolute atomic E-state index is 14.2. The summed E-state index contributed by atoms with van der Waals surface area (Å²) < 4.78 is 48.3. The van der Waals surface area contributed by atoms with Gasteiger partial charge < -0.3 is 4.74 Å². The molecule has 0 aromatic carbocycles. The molecule has 0 unspecified atom stereocenters. The summed E-state index contributed by atoms with van der Waals surface area (Å²) in [4.78, 5) is 23.4. The van der Waals surface area contributed by atoms with Crippen LogP contribution in [0.1, 0.15) is 32.4 Å². The van der Waals surface area contributed by atoms with Crippen LogP contribution < -0.4 is 4.90 Å². The van der Waals surface area contributed by atoms with Crippen LogP contribution in [0, 0.1) is 11.7 Å². The number of nitrogens with zero attached hydrogens (tertiary/aromatic N) is 7. The zero-order valence-corrected chi connectivity index (χ0v) is 22.6. The molecule has 1 amide bonds. The first-order valence-electron chi connectivity index (χ1n) is 12.3. The molecule has 1 aliphatic carbocycles. The molecule has 0 saturated heterocycles. The second kappa shape index (κ2) is 8.83. The van der Waals surface area contributed by atoms with Crippen LogP contribution >= 0.6 is 0 Å². The number of ether oxygens (including phenoxy) is 1. The Balaban J connectivity index is 1.49. The molecule has 37 heavy (non-hydrogen) atoms. The molecular weight excluding hydrogens is 503 g/mol. The second-order valence-electron chi connectivity index (χ2n) is 11.7. The van der Waals surface area contributed by atoms with E-state index in [2.05, 4.69) is 44.9 Å². The van der Waals surface area contributed by atoms with Gasteiger partial charge in [0.2, 0.25) is 17.7 Å². The highest BCUT2D eigenvalue weighted by molar-refractivity contribution is 6.76. The highest BCUT2D eigenvalue weighted by Gasteiger charge is 2.48. The predicted molar refractivity (Wildman–Crippen MR) is 133 cm³/mol. The Labute approximate surface area is 213 Å². The Kier molecular flexibility index (Phi) is 6.13. The van der Waals surface area contributed by atoms with Crippen molar-refractivity contribution in [2.45, 2.75) is 70.3 Å². The molecule has 1 fully saturated rings.